The van der Waals surface area contributed by atoms with Gasteiger partial charge in [0.05, 0.1) is 16.7 Å². The number of nitro benzene ring substituents is 1. The fourth-order valence-corrected chi connectivity index (χ4v) is 2.24. The predicted molar refractivity (Wildman–Crippen MR) is 88.9 cm³/mol. The Morgan fingerprint density at radius 3 is 2.61 bits per heavy atom. The van der Waals surface area contributed by atoms with Crippen molar-refractivity contribution in [3.63, 3.8) is 0 Å². The van der Waals surface area contributed by atoms with Crippen LogP contribution in [0.5, 0.6) is 0 Å². The highest BCUT2D eigenvalue weighted by atomic mass is 32.1. The maximum atomic E-state index is 11.0. The highest BCUT2D eigenvalue weighted by molar-refractivity contribution is 7.71. The molecule has 0 fully saturated rings. The summed E-state index contributed by atoms with van der Waals surface area (Å²) in [5.74, 6) is 0.533. The van der Waals surface area contributed by atoms with Gasteiger partial charge in [0.15, 0.2) is 5.82 Å². The van der Waals surface area contributed by atoms with E-state index in [9.17, 15) is 10.1 Å². The number of benzene rings is 2. The first-order chi connectivity index (χ1) is 11.2. The van der Waals surface area contributed by atoms with E-state index in [1.54, 1.807) is 18.2 Å². The fourth-order valence-electron chi connectivity index (χ4n) is 2.06. The molecule has 0 saturated heterocycles. The lowest BCUT2D eigenvalue weighted by Gasteiger charge is -2.01. The minimum Gasteiger partial charge on any atom is -0.258 e. The molecule has 23 heavy (non-hydrogen) atoms. The number of nitro groups is 1. The molecule has 0 radical (unpaired) electrons. The van der Waals surface area contributed by atoms with E-state index in [1.165, 1.54) is 17.0 Å². The molecule has 8 heteroatoms. The number of aromatic nitrogens is 3. The van der Waals surface area contributed by atoms with Crippen LogP contribution < -0.4 is 0 Å². The summed E-state index contributed by atoms with van der Waals surface area (Å²) in [5, 5.41) is 22.1. The molecule has 0 amide bonds. The number of rotatable bonds is 4. The van der Waals surface area contributed by atoms with Crippen molar-refractivity contribution in [2.75, 3.05) is 0 Å². The average Bonchev–Trinajstić information content (AvgIpc) is 2.94. The molecule has 1 heterocycles. The van der Waals surface area contributed by atoms with Gasteiger partial charge in [0.2, 0.25) is 4.77 Å². The third kappa shape index (κ3) is 3.06. The zero-order valence-electron chi connectivity index (χ0n) is 11.8. The zero-order chi connectivity index (χ0) is 16.2. The van der Waals surface area contributed by atoms with E-state index >= 15 is 0 Å². The monoisotopic (exact) mass is 325 g/mol. The minimum atomic E-state index is -0.450. The normalized spacial score (nSPS) is 11.0. The van der Waals surface area contributed by atoms with Crippen molar-refractivity contribution < 1.29 is 4.92 Å². The fraction of sp³-hybridized carbons (Fsp3) is 0. The smallest absolute Gasteiger partial charge is 0.258 e. The second-order valence-corrected chi connectivity index (χ2v) is 4.98. The molecule has 0 aliphatic heterocycles. The van der Waals surface area contributed by atoms with E-state index in [2.05, 4.69) is 15.3 Å². The van der Waals surface area contributed by atoms with Crippen LogP contribution in [0.2, 0.25) is 0 Å². The highest BCUT2D eigenvalue weighted by Gasteiger charge is 2.11. The van der Waals surface area contributed by atoms with E-state index in [0.717, 1.165) is 5.56 Å². The molecule has 0 aliphatic rings. The van der Waals surface area contributed by atoms with E-state index < -0.39 is 4.92 Å². The first kappa shape index (κ1) is 14.8. The Labute approximate surface area is 136 Å². The van der Waals surface area contributed by atoms with Gasteiger partial charge in [0.1, 0.15) is 0 Å². The number of aromatic amines is 1. The number of nitrogens with zero attached hydrogens (tertiary/aromatic N) is 4. The van der Waals surface area contributed by atoms with Gasteiger partial charge in [-0.15, -0.1) is 0 Å². The molecular weight excluding hydrogens is 314 g/mol. The minimum absolute atomic E-state index is 0.0208. The maximum absolute atomic E-state index is 11.0. The van der Waals surface area contributed by atoms with Crippen LogP contribution in [0, 0.1) is 14.9 Å². The number of hydrogen-bond acceptors (Lipinski definition) is 5. The van der Waals surface area contributed by atoms with Crippen molar-refractivity contribution in [2.45, 2.75) is 0 Å². The number of hydrogen-bond donors (Lipinski definition) is 1. The number of H-pyrrole nitrogens is 1. The van der Waals surface area contributed by atoms with Crippen molar-refractivity contribution in [3.8, 4) is 11.4 Å². The van der Waals surface area contributed by atoms with Crippen LogP contribution in [0.3, 0.4) is 0 Å². The second-order valence-electron chi connectivity index (χ2n) is 4.59. The van der Waals surface area contributed by atoms with Crippen molar-refractivity contribution in [1.82, 2.24) is 14.9 Å². The molecule has 0 aliphatic carbocycles. The lowest BCUT2D eigenvalue weighted by atomic mass is 10.2. The summed E-state index contributed by atoms with van der Waals surface area (Å²) in [4.78, 5) is 10.6. The lowest BCUT2D eigenvalue weighted by molar-refractivity contribution is -0.385. The lowest BCUT2D eigenvalue weighted by Crippen LogP contribution is -1.97. The van der Waals surface area contributed by atoms with Gasteiger partial charge in [-0.3, -0.25) is 10.1 Å². The molecule has 0 spiro atoms. The third-order valence-corrected chi connectivity index (χ3v) is 3.39. The first-order valence-electron chi connectivity index (χ1n) is 6.67. The summed E-state index contributed by atoms with van der Waals surface area (Å²) < 4.78 is 1.74. The first-order valence-corrected chi connectivity index (χ1v) is 7.08. The molecule has 0 unspecified atom stereocenters. The SMILES string of the molecule is O=[N+]([O-])c1ccccc1/C=N\n1c(-c2ccccc2)n[nH]c1=S. The molecule has 1 N–H and O–H groups in total. The molecular formula is C15H11N5O2S. The van der Waals surface area contributed by atoms with Gasteiger partial charge in [-0.2, -0.15) is 14.9 Å². The molecule has 0 saturated carbocycles. The summed E-state index contributed by atoms with van der Waals surface area (Å²) in [6.07, 6.45) is 1.40. The Morgan fingerprint density at radius 1 is 1.17 bits per heavy atom. The average molecular weight is 325 g/mol. The van der Waals surface area contributed by atoms with Gasteiger partial charge < -0.3 is 0 Å². The molecule has 3 rings (SSSR count). The Bertz CT molecular complexity index is 930. The van der Waals surface area contributed by atoms with Gasteiger partial charge in [-0.05, 0) is 18.3 Å². The summed E-state index contributed by atoms with van der Waals surface area (Å²) >= 11 is 5.17. The molecule has 0 atom stereocenters. The van der Waals surface area contributed by atoms with Crippen molar-refractivity contribution in [2.24, 2.45) is 5.10 Å². The second kappa shape index (κ2) is 6.32. The van der Waals surface area contributed by atoms with Crippen LogP contribution >= 0.6 is 12.2 Å². The van der Waals surface area contributed by atoms with Crippen LogP contribution in [-0.2, 0) is 0 Å². The Morgan fingerprint density at radius 2 is 1.87 bits per heavy atom. The molecule has 2 aromatic carbocycles. The van der Waals surface area contributed by atoms with E-state index in [0.29, 0.717) is 16.2 Å². The number of nitrogens with one attached hydrogen (secondary N) is 1. The van der Waals surface area contributed by atoms with Crippen LogP contribution in [0.25, 0.3) is 11.4 Å². The molecule has 3 aromatic rings. The topological polar surface area (TPSA) is 89.1 Å². The predicted octanol–water partition coefficient (Wildman–Crippen LogP) is 3.40. The molecule has 1 aromatic heterocycles. The summed E-state index contributed by atoms with van der Waals surface area (Å²) in [5.41, 5.74) is 1.20. The molecule has 114 valence electrons. The van der Waals surface area contributed by atoms with Gasteiger partial charge in [0.25, 0.3) is 5.69 Å². The highest BCUT2D eigenvalue weighted by Crippen LogP contribution is 2.18. The van der Waals surface area contributed by atoms with Crippen molar-refractivity contribution in [1.29, 1.82) is 0 Å². The Kier molecular flexibility index (Phi) is 4.07. The van der Waals surface area contributed by atoms with Gasteiger partial charge in [-0.1, -0.05) is 42.5 Å². The quantitative estimate of drug-likeness (QED) is 0.344. The van der Waals surface area contributed by atoms with Gasteiger partial charge >= 0.3 is 0 Å². The number of para-hydroxylation sites is 1. The van der Waals surface area contributed by atoms with E-state index in [4.69, 9.17) is 12.2 Å². The standard InChI is InChI=1S/C15H11N5O2S/c21-20(22)13-9-5-4-8-12(13)10-16-19-14(17-18-15(19)23)11-6-2-1-3-7-11/h1-10H,(H,18,23)/b16-10-. The van der Waals surface area contributed by atoms with E-state index in [1.807, 2.05) is 30.3 Å². The summed E-state index contributed by atoms with van der Waals surface area (Å²) in [6.45, 7) is 0. The van der Waals surface area contributed by atoms with Crippen LogP contribution in [0.15, 0.2) is 59.7 Å². The Hall–Kier alpha value is -3.13. The van der Waals surface area contributed by atoms with Crippen LogP contribution in [-0.4, -0.2) is 26.0 Å². The third-order valence-electron chi connectivity index (χ3n) is 3.13. The Balaban J connectivity index is 2.04. The van der Waals surface area contributed by atoms with Crippen LogP contribution in [0.4, 0.5) is 5.69 Å². The van der Waals surface area contributed by atoms with Crippen molar-refractivity contribution in [3.05, 3.63) is 75.0 Å². The van der Waals surface area contributed by atoms with Gasteiger partial charge in [0, 0.05) is 11.6 Å². The van der Waals surface area contributed by atoms with E-state index in [-0.39, 0.29) is 5.69 Å². The molecule has 7 nitrogen and oxygen atoms in total. The molecule has 0 bridgehead atoms. The zero-order valence-corrected chi connectivity index (χ0v) is 12.6. The summed E-state index contributed by atoms with van der Waals surface area (Å²) in [6, 6.07) is 15.8. The van der Waals surface area contributed by atoms with Crippen molar-refractivity contribution >= 4 is 24.1 Å². The van der Waals surface area contributed by atoms with Crippen LogP contribution in [0.1, 0.15) is 5.56 Å². The maximum Gasteiger partial charge on any atom is 0.278 e. The summed E-state index contributed by atoms with van der Waals surface area (Å²) in [7, 11) is 0. The van der Waals surface area contributed by atoms with Gasteiger partial charge in [-0.25, -0.2) is 5.10 Å². The largest absolute Gasteiger partial charge is 0.278 e.